The van der Waals surface area contributed by atoms with Crippen LogP contribution >= 0.6 is 0 Å². The Balaban J connectivity index is 1.73. The van der Waals surface area contributed by atoms with Crippen molar-refractivity contribution >= 4 is 15.9 Å². The molecule has 0 bridgehead atoms. The number of rotatable bonds is 3. The van der Waals surface area contributed by atoms with Crippen LogP contribution in [0.1, 0.15) is 27.2 Å². The predicted molar refractivity (Wildman–Crippen MR) is 99.8 cm³/mol. The number of carbonyl (C=O) groups is 1. The Morgan fingerprint density at radius 1 is 1.03 bits per heavy atom. The number of nitrogens with zero attached hydrogens (tertiary/aromatic N) is 3. The van der Waals surface area contributed by atoms with Crippen molar-refractivity contribution in [1.82, 2.24) is 14.2 Å². The molecule has 1 fully saturated rings. The monoisotopic (exact) mass is 427 g/mol. The van der Waals surface area contributed by atoms with Crippen molar-refractivity contribution in [2.24, 2.45) is 0 Å². The van der Waals surface area contributed by atoms with Crippen LogP contribution < -0.4 is 0 Å². The Bertz CT molecular complexity index is 1010. The molecule has 10 heteroatoms. The third-order valence-corrected chi connectivity index (χ3v) is 6.86. The second-order valence-electron chi connectivity index (χ2n) is 6.86. The number of halogens is 3. The summed E-state index contributed by atoms with van der Waals surface area (Å²) in [5.41, 5.74) is 0.343. The van der Waals surface area contributed by atoms with Crippen molar-refractivity contribution in [1.29, 1.82) is 0 Å². The molecule has 1 aliphatic heterocycles. The maximum Gasteiger partial charge on any atom is 0.416 e. The normalized spacial score (nSPS) is 16.1. The van der Waals surface area contributed by atoms with Crippen LogP contribution in [0.25, 0.3) is 0 Å². The molecule has 29 heavy (non-hydrogen) atoms. The van der Waals surface area contributed by atoms with Gasteiger partial charge in [0.2, 0.25) is 10.0 Å². The quantitative estimate of drug-likeness (QED) is 0.755. The van der Waals surface area contributed by atoms with E-state index in [1.807, 2.05) is 0 Å². The minimum atomic E-state index is -4.54. The Kier molecular flexibility index (Phi) is 5.68. The zero-order chi connectivity index (χ0) is 21.4. The number of alkyl halides is 3. The predicted octanol–water partition coefficient (Wildman–Crippen LogP) is 2.86. The summed E-state index contributed by atoms with van der Waals surface area (Å²) in [6.07, 6.45) is -3.06. The highest BCUT2D eigenvalue weighted by Crippen LogP contribution is 2.32. The molecule has 2 heterocycles. The highest BCUT2D eigenvalue weighted by molar-refractivity contribution is 7.89. The Hall–Kier alpha value is -2.46. The second-order valence-corrected chi connectivity index (χ2v) is 8.77. The number of sulfonamides is 1. The molecule has 1 amide bonds. The molecular formula is C19H20F3N3O3S. The van der Waals surface area contributed by atoms with Gasteiger partial charge in [-0.25, -0.2) is 8.42 Å². The lowest BCUT2D eigenvalue weighted by atomic mass is 10.1. The van der Waals surface area contributed by atoms with E-state index in [4.69, 9.17) is 0 Å². The van der Waals surface area contributed by atoms with Crippen molar-refractivity contribution in [2.75, 3.05) is 26.2 Å². The van der Waals surface area contributed by atoms with E-state index < -0.39 is 21.8 Å². The number of pyridine rings is 1. The largest absolute Gasteiger partial charge is 0.416 e. The number of piperazine rings is 1. The first-order chi connectivity index (χ1) is 13.5. The van der Waals surface area contributed by atoms with Gasteiger partial charge in [0, 0.05) is 38.1 Å². The number of aryl methyl sites for hydroxylation is 2. The van der Waals surface area contributed by atoms with Gasteiger partial charge in [-0.1, -0.05) is 0 Å². The zero-order valence-electron chi connectivity index (χ0n) is 15.9. The van der Waals surface area contributed by atoms with Crippen LogP contribution in [-0.4, -0.2) is 54.7 Å². The highest BCUT2D eigenvalue weighted by Gasteiger charge is 2.34. The molecular weight excluding hydrogens is 407 g/mol. The molecule has 2 aromatic rings. The molecule has 1 aromatic heterocycles. The van der Waals surface area contributed by atoms with Gasteiger partial charge in [0.1, 0.15) is 0 Å². The lowest BCUT2D eigenvalue weighted by Gasteiger charge is -2.34. The van der Waals surface area contributed by atoms with Crippen molar-refractivity contribution < 1.29 is 26.4 Å². The van der Waals surface area contributed by atoms with Crippen molar-refractivity contribution in [2.45, 2.75) is 24.9 Å². The van der Waals surface area contributed by atoms with Crippen molar-refractivity contribution in [3.63, 3.8) is 0 Å². The van der Waals surface area contributed by atoms with Gasteiger partial charge < -0.3 is 4.90 Å². The summed E-state index contributed by atoms with van der Waals surface area (Å²) < 4.78 is 65.5. The first-order valence-electron chi connectivity index (χ1n) is 8.90. The summed E-state index contributed by atoms with van der Waals surface area (Å²) in [6.45, 7) is 3.65. The summed E-state index contributed by atoms with van der Waals surface area (Å²) in [6, 6.07) is 5.98. The number of amides is 1. The number of benzene rings is 1. The molecule has 1 saturated heterocycles. The van der Waals surface area contributed by atoms with E-state index in [0.717, 1.165) is 23.9 Å². The molecule has 0 unspecified atom stereocenters. The Morgan fingerprint density at radius 3 is 2.21 bits per heavy atom. The van der Waals surface area contributed by atoms with E-state index in [-0.39, 0.29) is 42.5 Å². The molecule has 0 atom stereocenters. The average molecular weight is 427 g/mol. The van der Waals surface area contributed by atoms with Crippen LogP contribution in [0.3, 0.4) is 0 Å². The SMILES string of the molecule is Cc1ccc(C(=O)N2CCN(S(=O)(=O)c3ccc(C(F)(F)F)cc3C)CC2)cn1. The summed E-state index contributed by atoms with van der Waals surface area (Å²) in [5, 5.41) is 0. The van der Waals surface area contributed by atoms with Gasteiger partial charge in [0.05, 0.1) is 16.0 Å². The molecule has 6 nitrogen and oxygen atoms in total. The number of aromatic nitrogens is 1. The lowest BCUT2D eigenvalue weighted by Crippen LogP contribution is -2.50. The fourth-order valence-electron chi connectivity index (χ4n) is 3.16. The summed E-state index contributed by atoms with van der Waals surface area (Å²) >= 11 is 0. The highest BCUT2D eigenvalue weighted by atomic mass is 32.2. The third-order valence-electron chi connectivity index (χ3n) is 4.80. The molecule has 156 valence electrons. The molecule has 0 radical (unpaired) electrons. The average Bonchev–Trinajstić information content (AvgIpc) is 2.67. The van der Waals surface area contributed by atoms with E-state index in [0.29, 0.717) is 5.56 Å². The summed E-state index contributed by atoms with van der Waals surface area (Å²) in [5.74, 6) is -0.236. The summed E-state index contributed by atoms with van der Waals surface area (Å²) in [4.78, 5) is 18.0. The van der Waals surface area contributed by atoms with Crippen molar-refractivity contribution in [3.05, 3.63) is 58.9 Å². The van der Waals surface area contributed by atoms with Gasteiger partial charge in [-0.3, -0.25) is 9.78 Å². The van der Waals surface area contributed by atoms with Gasteiger partial charge in [-0.05, 0) is 49.7 Å². The zero-order valence-corrected chi connectivity index (χ0v) is 16.7. The maximum absolute atomic E-state index is 12.9. The van der Waals surface area contributed by atoms with Gasteiger partial charge in [-0.15, -0.1) is 0 Å². The Morgan fingerprint density at radius 2 is 1.69 bits per heavy atom. The minimum Gasteiger partial charge on any atom is -0.336 e. The van der Waals surface area contributed by atoms with E-state index in [9.17, 15) is 26.4 Å². The molecule has 0 spiro atoms. The van der Waals surface area contributed by atoms with Gasteiger partial charge >= 0.3 is 6.18 Å². The first-order valence-corrected chi connectivity index (χ1v) is 10.3. The number of hydrogen-bond donors (Lipinski definition) is 0. The second kappa shape index (κ2) is 7.75. The van der Waals surface area contributed by atoms with Crippen LogP contribution in [-0.2, 0) is 16.2 Å². The number of carbonyl (C=O) groups excluding carboxylic acids is 1. The van der Waals surface area contributed by atoms with Gasteiger partial charge in [0.25, 0.3) is 5.91 Å². The molecule has 0 aliphatic carbocycles. The lowest BCUT2D eigenvalue weighted by molar-refractivity contribution is -0.137. The minimum absolute atomic E-state index is 0.0315. The first kappa shape index (κ1) is 21.3. The van der Waals surface area contributed by atoms with E-state index in [1.165, 1.54) is 22.3 Å². The van der Waals surface area contributed by atoms with Gasteiger partial charge in [0.15, 0.2) is 0 Å². The van der Waals surface area contributed by atoms with E-state index in [2.05, 4.69) is 4.98 Å². The van der Waals surface area contributed by atoms with Crippen LogP contribution in [0.5, 0.6) is 0 Å². The molecule has 0 saturated carbocycles. The van der Waals surface area contributed by atoms with Crippen LogP contribution in [0, 0.1) is 13.8 Å². The van der Waals surface area contributed by atoms with Crippen molar-refractivity contribution in [3.8, 4) is 0 Å². The fourth-order valence-corrected chi connectivity index (χ4v) is 4.79. The molecule has 0 N–H and O–H groups in total. The molecule has 3 rings (SSSR count). The molecule has 1 aliphatic rings. The van der Waals surface area contributed by atoms with E-state index >= 15 is 0 Å². The molecule has 1 aromatic carbocycles. The maximum atomic E-state index is 12.9. The number of hydrogen-bond acceptors (Lipinski definition) is 4. The van der Waals surface area contributed by atoms with Crippen LogP contribution in [0.4, 0.5) is 13.2 Å². The topological polar surface area (TPSA) is 70.6 Å². The smallest absolute Gasteiger partial charge is 0.336 e. The van der Waals surface area contributed by atoms with E-state index in [1.54, 1.807) is 19.1 Å². The third kappa shape index (κ3) is 4.43. The van der Waals surface area contributed by atoms with Crippen LogP contribution in [0.2, 0.25) is 0 Å². The summed E-state index contributed by atoms with van der Waals surface area (Å²) in [7, 11) is -3.96. The van der Waals surface area contributed by atoms with Crippen LogP contribution in [0.15, 0.2) is 41.4 Å². The Labute approximate surface area is 167 Å². The standard InChI is InChI=1S/C19H20F3N3O3S/c1-13-11-16(19(20,21)22)5-6-17(13)29(27,28)25-9-7-24(8-10-25)18(26)15-4-3-14(2)23-12-15/h3-6,11-12H,7-10H2,1-2H3. The fraction of sp³-hybridized carbons (Fsp3) is 0.368. The van der Waals surface area contributed by atoms with Gasteiger partial charge in [-0.2, -0.15) is 17.5 Å².